The average Bonchev–Trinajstić information content (AvgIpc) is 2.65. The van der Waals surface area contributed by atoms with Gasteiger partial charge < -0.3 is 9.67 Å². The highest BCUT2D eigenvalue weighted by Crippen LogP contribution is 2.29. The first kappa shape index (κ1) is 14.7. The van der Waals surface area contributed by atoms with Gasteiger partial charge in [0.05, 0.1) is 16.8 Å². The van der Waals surface area contributed by atoms with E-state index in [1.54, 1.807) is 25.1 Å². The number of imidazole rings is 1. The second-order valence-electron chi connectivity index (χ2n) is 4.22. The SMILES string of the molecule is Cc1cccc2c1nc(SCC(=O)O)n2CC(F)(F)F. The molecule has 0 saturated heterocycles. The van der Waals surface area contributed by atoms with Crippen molar-refractivity contribution in [3.8, 4) is 0 Å². The van der Waals surface area contributed by atoms with Crippen molar-refractivity contribution in [3.05, 3.63) is 23.8 Å². The fourth-order valence-corrected chi connectivity index (χ4v) is 2.56. The molecule has 0 amide bonds. The molecule has 0 fully saturated rings. The number of carboxylic acid groups (broad SMARTS) is 1. The topological polar surface area (TPSA) is 55.1 Å². The van der Waals surface area contributed by atoms with Gasteiger partial charge in [-0.1, -0.05) is 23.9 Å². The lowest BCUT2D eigenvalue weighted by atomic mass is 10.2. The van der Waals surface area contributed by atoms with Crippen molar-refractivity contribution in [2.75, 3.05) is 5.75 Å². The molecule has 0 aliphatic carbocycles. The summed E-state index contributed by atoms with van der Waals surface area (Å²) >= 11 is 0.783. The van der Waals surface area contributed by atoms with E-state index >= 15 is 0 Å². The number of rotatable bonds is 4. The molecule has 0 aliphatic heterocycles. The number of hydrogen-bond acceptors (Lipinski definition) is 3. The molecule has 1 N–H and O–H groups in total. The highest BCUT2D eigenvalue weighted by molar-refractivity contribution is 7.99. The Morgan fingerprint density at radius 1 is 1.45 bits per heavy atom. The second kappa shape index (κ2) is 5.35. The summed E-state index contributed by atoms with van der Waals surface area (Å²) in [5, 5.41) is 8.71. The number of alkyl halides is 3. The fourth-order valence-electron chi connectivity index (χ4n) is 1.83. The molecule has 1 aromatic carbocycles. The third kappa shape index (κ3) is 3.24. The molecular formula is C12H11F3N2O2S. The third-order valence-electron chi connectivity index (χ3n) is 2.61. The van der Waals surface area contributed by atoms with Crippen LogP contribution in [0.5, 0.6) is 0 Å². The molecule has 2 aromatic rings. The number of para-hydroxylation sites is 1. The van der Waals surface area contributed by atoms with Crippen molar-refractivity contribution >= 4 is 28.8 Å². The van der Waals surface area contributed by atoms with Crippen LogP contribution >= 0.6 is 11.8 Å². The van der Waals surface area contributed by atoms with E-state index < -0.39 is 18.7 Å². The lowest BCUT2D eigenvalue weighted by molar-refractivity contribution is -0.141. The summed E-state index contributed by atoms with van der Waals surface area (Å²) < 4.78 is 39.0. The van der Waals surface area contributed by atoms with E-state index in [9.17, 15) is 18.0 Å². The van der Waals surface area contributed by atoms with Crippen molar-refractivity contribution in [1.82, 2.24) is 9.55 Å². The van der Waals surface area contributed by atoms with Gasteiger partial charge in [-0.25, -0.2) is 4.98 Å². The Hall–Kier alpha value is -1.70. The van der Waals surface area contributed by atoms with Gasteiger partial charge in [-0.15, -0.1) is 0 Å². The van der Waals surface area contributed by atoms with Crippen LogP contribution < -0.4 is 0 Å². The summed E-state index contributed by atoms with van der Waals surface area (Å²) in [6.45, 7) is 0.563. The van der Waals surface area contributed by atoms with Gasteiger partial charge in [-0.05, 0) is 18.6 Å². The van der Waals surface area contributed by atoms with Crippen LogP contribution in [0, 0.1) is 6.92 Å². The molecular weight excluding hydrogens is 293 g/mol. The summed E-state index contributed by atoms with van der Waals surface area (Å²) in [5.74, 6) is -1.43. The highest BCUT2D eigenvalue weighted by Gasteiger charge is 2.30. The van der Waals surface area contributed by atoms with Gasteiger partial charge in [0.15, 0.2) is 5.16 Å². The molecule has 8 heteroatoms. The predicted molar refractivity (Wildman–Crippen MR) is 68.9 cm³/mol. The summed E-state index contributed by atoms with van der Waals surface area (Å²) in [7, 11) is 0. The number of halogens is 3. The standard InChI is InChI=1S/C12H11F3N2O2S/c1-7-3-2-4-8-10(7)16-11(20-5-9(18)19)17(8)6-12(13,14)15/h2-4H,5-6H2,1H3,(H,18,19). The van der Waals surface area contributed by atoms with E-state index in [2.05, 4.69) is 4.98 Å². The van der Waals surface area contributed by atoms with Gasteiger partial charge in [0.25, 0.3) is 0 Å². The van der Waals surface area contributed by atoms with Crippen LogP contribution in [0.1, 0.15) is 5.56 Å². The molecule has 0 saturated carbocycles. The monoisotopic (exact) mass is 304 g/mol. The van der Waals surface area contributed by atoms with Crippen LogP contribution in [0.25, 0.3) is 11.0 Å². The summed E-state index contributed by atoms with van der Waals surface area (Å²) in [5.41, 5.74) is 1.57. The summed E-state index contributed by atoms with van der Waals surface area (Å²) in [6, 6.07) is 4.95. The predicted octanol–water partition coefficient (Wildman–Crippen LogP) is 3.08. The number of aryl methyl sites for hydroxylation is 1. The number of aromatic nitrogens is 2. The van der Waals surface area contributed by atoms with Gasteiger partial charge in [0, 0.05) is 0 Å². The Bertz CT molecular complexity index is 652. The molecule has 4 nitrogen and oxygen atoms in total. The lowest BCUT2D eigenvalue weighted by Gasteiger charge is -2.11. The number of carboxylic acids is 1. The van der Waals surface area contributed by atoms with Crippen molar-refractivity contribution in [3.63, 3.8) is 0 Å². The zero-order valence-corrected chi connectivity index (χ0v) is 11.3. The van der Waals surface area contributed by atoms with E-state index in [1.807, 2.05) is 0 Å². The molecule has 0 atom stereocenters. The Kier molecular flexibility index (Phi) is 3.94. The number of fused-ring (bicyclic) bond motifs is 1. The van der Waals surface area contributed by atoms with Gasteiger partial charge >= 0.3 is 12.1 Å². The van der Waals surface area contributed by atoms with E-state index in [0.29, 0.717) is 11.0 Å². The minimum absolute atomic E-state index is 0.0639. The molecule has 1 aromatic heterocycles. The molecule has 0 unspecified atom stereocenters. The third-order valence-corrected chi connectivity index (χ3v) is 3.57. The minimum Gasteiger partial charge on any atom is -0.481 e. The Morgan fingerprint density at radius 2 is 2.15 bits per heavy atom. The van der Waals surface area contributed by atoms with Crippen LogP contribution in [-0.2, 0) is 11.3 Å². The fraction of sp³-hybridized carbons (Fsp3) is 0.333. The van der Waals surface area contributed by atoms with Crippen LogP contribution in [-0.4, -0.2) is 32.6 Å². The first-order valence-corrected chi connectivity index (χ1v) is 6.63. The quantitative estimate of drug-likeness (QED) is 0.882. The average molecular weight is 304 g/mol. The molecule has 108 valence electrons. The number of benzene rings is 1. The molecule has 1 heterocycles. The number of nitrogens with zero attached hydrogens (tertiary/aromatic N) is 2. The molecule has 0 bridgehead atoms. The largest absolute Gasteiger partial charge is 0.481 e. The first-order valence-electron chi connectivity index (χ1n) is 5.65. The maximum atomic E-state index is 12.7. The summed E-state index contributed by atoms with van der Waals surface area (Å²) in [6.07, 6.45) is -4.39. The number of carbonyl (C=O) groups is 1. The second-order valence-corrected chi connectivity index (χ2v) is 5.16. The van der Waals surface area contributed by atoms with Gasteiger partial charge in [-0.2, -0.15) is 13.2 Å². The zero-order valence-electron chi connectivity index (χ0n) is 10.4. The first-order chi connectivity index (χ1) is 9.28. The van der Waals surface area contributed by atoms with E-state index in [4.69, 9.17) is 5.11 Å². The van der Waals surface area contributed by atoms with Crippen LogP contribution in [0.4, 0.5) is 13.2 Å². The van der Waals surface area contributed by atoms with Crippen LogP contribution in [0.3, 0.4) is 0 Å². The number of thioether (sulfide) groups is 1. The van der Waals surface area contributed by atoms with Gasteiger partial charge in [0.1, 0.15) is 6.54 Å². The summed E-state index contributed by atoms with van der Waals surface area (Å²) in [4.78, 5) is 14.7. The minimum atomic E-state index is -4.39. The van der Waals surface area contributed by atoms with E-state index in [0.717, 1.165) is 21.9 Å². The molecule has 0 radical (unpaired) electrons. The maximum Gasteiger partial charge on any atom is 0.406 e. The molecule has 0 aliphatic rings. The van der Waals surface area contributed by atoms with Crippen molar-refractivity contribution in [1.29, 1.82) is 0 Å². The van der Waals surface area contributed by atoms with Gasteiger partial charge in [-0.3, -0.25) is 4.79 Å². The van der Waals surface area contributed by atoms with Crippen molar-refractivity contribution < 1.29 is 23.1 Å². The van der Waals surface area contributed by atoms with E-state index in [-0.39, 0.29) is 10.9 Å². The Balaban J connectivity index is 2.50. The van der Waals surface area contributed by atoms with Crippen LogP contribution in [0.15, 0.2) is 23.4 Å². The zero-order chi connectivity index (χ0) is 14.9. The van der Waals surface area contributed by atoms with Gasteiger partial charge in [0.2, 0.25) is 0 Å². The molecule has 0 spiro atoms. The number of hydrogen-bond donors (Lipinski definition) is 1. The lowest BCUT2D eigenvalue weighted by Crippen LogP contribution is -2.18. The van der Waals surface area contributed by atoms with Crippen molar-refractivity contribution in [2.24, 2.45) is 0 Å². The van der Waals surface area contributed by atoms with Crippen LogP contribution in [0.2, 0.25) is 0 Å². The molecule has 2 rings (SSSR count). The van der Waals surface area contributed by atoms with Crippen molar-refractivity contribution in [2.45, 2.75) is 24.8 Å². The highest BCUT2D eigenvalue weighted by atomic mass is 32.2. The Labute approximate surface area is 116 Å². The maximum absolute atomic E-state index is 12.7. The molecule has 20 heavy (non-hydrogen) atoms. The Morgan fingerprint density at radius 3 is 2.75 bits per heavy atom. The number of aliphatic carboxylic acids is 1. The normalized spacial score (nSPS) is 12.0. The van der Waals surface area contributed by atoms with E-state index in [1.165, 1.54) is 0 Å². The smallest absolute Gasteiger partial charge is 0.406 e.